The molecule has 93 heavy (non-hydrogen) atoms. The molecule has 1 aliphatic carbocycles. The molecule has 1 atom stereocenters. The van der Waals surface area contributed by atoms with Crippen molar-refractivity contribution >= 4 is 106 Å². The summed E-state index contributed by atoms with van der Waals surface area (Å²) in [7, 11) is 2.13. The van der Waals surface area contributed by atoms with Crippen LogP contribution in [0, 0.1) is 0 Å². The Kier molecular flexibility index (Phi) is 13.6. The third-order valence-corrected chi connectivity index (χ3v) is 19.0. The summed E-state index contributed by atoms with van der Waals surface area (Å²) >= 11 is 0. The minimum Gasteiger partial charge on any atom is -0.344 e. The van der Waals surface area contributed by atoms with E-state index in [-0.39, 0.29) is 0 Å². The largest absolute Gasteiger partial charge is 0.344 e. The van der Waals surface area contributed by atoms with E-state index in [2.05, 4.69) is 395 Å². The zero-order chi connectivity index (χ0) is 61.8. The second-order valence-corrected chi connectivity index (χ2v) is 24.0. The summed E-state index contributed by atoms with van der Waals surface area (Å²) in [6.45, 7) is 0. The van der Waals surface area contributed by atoms with E-state index < -0.39 is 5.41 Å². The molecule has 16 aromatic rings. The van der Waals surface area contributed by atoms with Crippen LogP contribution < -0.4 is 19.6 Å². The van der Waals surface area contributed by atoms with Gasteiger partial charge in [-0.1, -0.05) is 231 Å². The van der Waals surface area contributed by atoms with Gasteiger partial charge in [0.25, 0.3) is 0 Å². The molecule has 2 heterocycles. The lowest BCUT2D eigenvalue weighted by Gasteiger charge is -2.40. The van der Waals surface area contributed by atoms with Crippen LogP contribution in [0.25, 0.3) is 60.2 Å². The number of para-hydroxylation sites is 7. The molecule has 0 bridgehead atoms. The van der Waals surface area contributed by atoms with Gasteiger partial charge in [-0.25, -0.2) is 0 Å². The van der Waals surface area contributed by atoms with E-state index in [9.17, 15) is 0 Å². The highest BCUT2D eigenvalue weighted by atomic mass is 15.2. The zero-order valence-corrected chi connectivity index (χ0v) is 51.4. The maximum Gasteiger partial charge on any atom is 0.0755 e. The number of aromatic nitrogens is 1. The van der Waals surface area contributed by atoms with Gasteiger partial charge in [-0.15, -0.1) is 0 Å². The molecule has 0 N–H and O–H groups in total. The molecule has 1 unspecified atom stereocenters. The topological polar surface area (TPSA) is 17.9 Å². The monoisotopic (exact) mass is 1190 g/mol. The van der Waals surface area contributed by atoms with Crippen molar-refractivity contribution in [2.45, 2.75) is 5.41 Å². The Morgan fingerprint density at radius 1 is 0.247 bits per heavy atom. The van der Waals surface area contributed by atoms with Crippen LogP contribution in [0.5, 0.6) is 0 Å². The molecule has 0 saturated heterocycles. The summed E-state index contributed by atoms with van der Waals surface area (Å²) in [5.74, 6) is 0. The third-order valence-electron chi connectivity index (χ3n) is 19.0. The van der Waals surface area contributed by atoms with Crippen LogP contribution in [0.2, 0.25) is 0 Å². The van der Waals surface area contributed by atoms with Crippen LogP contribution in [0.4, 0.5) is 62.6 Å². The SMILES string of the molecule is CN(c1ccc(N(c2ccccc2)c2ccccc2)cc1)c1cccc2ccccc12.c1ccc(N(c2ccccc2)c2ccc(N(c3ccc4c(c3)C3(c5ccccc5-4)c4ccccc4-n4c5ccccc5c5cccc3c54)c3cccc4ccccc34)cc2)cc1. The molecule has 1 spiro atoms. The van der Waals surface area contributed by atoms with Crippen molar-refractivity contribution < 1.29 is 0 Å². The quantitative estimate of drug-likeness (QED) is 0.128. The normalized spacial score (nSPS) is 13.3. The van der Waals surface area contributed by atoms with E-state index in [1.807, 2.05) is 0 Å². The maximum absolute atomic E-state index is 2.52. The maximum atomic E-state index is 2.52. The molecular formula is C88H63N5. The summed E-state index contributed by atoms with van der Waals surface area (Å²) in [5, 5.41) is 7.48. The molecular weight excluding hydrogens is 1130 g/mol. The highest BCUT2D eigenvalue weighted by Gasteiger charge is 2.51. The lowest BCUT2D eigenvalue weighted by Crippen LogP contribution is -2.33. The number of benzene rings is 15. The molecule has 0 saturated carbocycles. The fraction of sp³-hybridized carbons (Fsp3) is 0.0227. The highest BCUT2D eigenvalue weighted by Crippen LogP contribution is 2.62. The smallest absolute Gasteiger partial charge is 0.0755 e. The van der Waals surface area contributed by atoms with E-state index in [4.69, 9.17) is 0 Å². The second-order valence-electron chi connectivity index (χ2n) is 24.0. The molecule has 1 aromatic heterocycles. The summed E-state index contributed by atoms with van der Waals surface area (Å²) in [4.78, 5) is 9.32. The Morgan fingerprint density at radius 3 is 1.23 bits per heavy atom. The Bertz CT molecular complexity index is 5330. The predicted molar refractivity (Wildman–Crippen MR) is 392 cm³/mol. The fourth-order valence-corrected chi connectivity index (χ4v) is 14.9. The number of rotatable bonds is 11. The van der Waals surface area contributed by atoms with E-state index in [0.29, 0.717) is 0 Å². The van der Waals surface area contributed by atoms with E-state index in [0.717, 1.165) is 56.9 Å². The number of anilines is 11. The molecule has 5 nitrogen and oxygen atoms in total. The summed E-state index contributed by atoms with van der Waals surface area (Å²) in [6.07, 6.45) is 0. The van der Waals surface area contributed by atoms with Gasteiger partial charge in [0, 0.05) is 85.5 Å². The predicted octanol–water partition coefficient (Wildman–Crippen LogP) is 23.6. The highest BCUT2D eigenvalue weighted by molar-refractivity contribution is 6.13. The standard InChI is InChI=1S/C59H39N3.C29H24N2/c1-3-19-41(20-4-1)60(42-21-5-2-6-22-42)43-33-35-44(36-34-43)61(55-32-15-18-40-17-7-8-23-46(40)55)45-37-38-48-47-24-9-11-27-51(47)59(54(48)39-45)52-28-12-14-31-57(52)62-56-30-13-10-25-49(56)50-26-16-29-53(59)58(50)62;1-30(29-18-10-12-23-11-8-9-17-28(23)29)24-19-21-27(22-20-24)31(25-13-4-2-5-14-25)26-15-6-3-7-16-26/h1-39H;2-22H,1H3. The van der Waals surface area contributed by atoms with Crippen molar-refractivity contribution in [1.82, 2.24) is 4.57 Å². The van der Waals surface area contributed by atoms with Crippen LogP contribution in [0.3, 0.4) is 0 Å². The van der Waals surface area contributed by atoms with Crippen molar-refractivity contribution in [2.24, 2.45) is 0 Å². The van der Waals surface area contributed by atoms with Crippen LogP contribution in [-0.4, -0.2) is 11.6 Å². The molecule has 15 aromatic carbocycles. The van der Waals surface area contributed by atoms with Gasteiger partial charge in [-0.2, -0.15) is 0 Å². The van der Waals surface area contributed by atoms with Gasteiger partial charge in [0.1, 0.15) is 0 Å². The first-order valence-electron chi connectivity index (χ1n) is 32.0. The second kappa shape index (κ2) is 23.0. The van der Waals surface area contributed by atoms with E-state index >= 15 is 0 Å². The van der Waals surface area contributed by atoms with Gasteiger partial charge in [-0.3, -0.25) is 0 Å². The first-order chi connectivity index (χ1) is 46.1. The van der Waals surface area contributed by atoms with E-state index in [1.165, 1.54) is 88.1 Å². The van der Waals surface area contributed by atoms with Crippen LogP contribution in [0.1, 0.15) is 22.3 Å². The van der Waals surface area contributed by atoms with Gasteiger partial charge in [0.2, 0.25) is 0 Å². The molecule has 5 heteroatoms. The minimum absolute atomic E-state index is 0.553. The lowest BCUT2D eigenvalue weighted by atomic mass is 9.65. The number of hydrogen-bond acceptors (Lipinski definition) is 4. The lowest BCUT2D eigenvalue weighted by molar-refractivity contribution is 0.748. The van der Waals surface area contributed by atoms with Gasteiger partial charge < -0.3 is 24.2 Å². The summed E-state index contributed by atoms with van der Waals surface area (Å²) in [5.41, 5.74) is 23.4. The first-order valence-corrected chi connectivity index (χ1v) is 32.0. The van der Waals surface area contributed by atoms with Crippen molar-refractivity contribution in [3.63, 3.8) is 0 Å². The molecule has 2 aliphatic rings. The van der Waals surface area contributed by atoms with Crippen molar-refractivity contribution in [1.29, 1.82) is 0 Å². The Hall–Kier alpha value is -12.2. The number of nitrogens with zero attached hydrogens (tertiary/aromatic N) is 5. The van der Waals surface area contributed by atoms with Crippen molar-refractivity contribution in [3.05, 3.63) is 386 Å². The van der Waals surface area contributed by atoms with Gasteiger partial charge in [0.15, 0.2) is 0 Å². The molecule has 1 aliphatic heterocycles. The van der Waals surface area contributed by atoms with Gasteiger partial charge in [0.05, 0.1) is 27.8 Å². The average molecular weight is 1190 g/mol. The first kappa shape index (κ1) is 54.9. The molecule has 440 valence electrons. The molecule has 0 amide bonds. The van der Waals surface area contributed by atoms with Crippen LogP contribution in [-0.2, 0) is 5.41 Å². The van der Waals surface area contributed by atoms with Crippen molar-refractivity contribution in [2.75, 3.05) is 26.6 Å². The fourth-order valence-electron chi connectivity index (χ4n) is 14.9. The number of fused-ring (bicyclic) bond motifs is 14. The van der Waals surface area contributed by atoms with Crippen molar-refractivity contribution in [3.8, 4) is 16.8 Å². The Balaban J connectivity index is 0.000000179. The Labute approximate surface area is 542 Å². The van der Waals surface area contributed by atoms with Crippen LogP contribution >= 0.6 is 0 Å². The molecule has 18 rings (SSSR count). The molecule has 0 fully saturated rings. The third kappa shape index (κ3) is 9.15. The Morgan fingerprint density at radius 2 is 0.634 bits per heavy atom. The summed E-state index contributed by atoms with van der Waals surface area (Å²) < 4.78 is 2.52. The zero-order valence-electron chi connectivity index (χ0n) is 51.4. The van der Waals surface area contributed by atoms with Crippen LogP contribution in [0.15, 0.2) is 364 Å². The minimum atomic E-state index is -0.553. The average Bonchev–Trinajstić information content (AvgIpc) is 1.53. The van der Waals surface area contributed by atoms with E-state index in [1.54, 1.807) is 0 Å². The van der Waals surface area contributed by atoms with Gasteiger partial charge >= 0.3 is 0 Å². The van der Waals surface area contributed by atoms with Gasteiger partial charge in [-0.05, 0) is 178 Å². The summed E-state index contributed by atoms with van der Waals surface area (Å²) in [6, 6.07) is 132. The molecule has 0 radical (unpaired) electrons. The number of hydrogen-bond donors (Lipinski definition) is 0.